The van der Waals surface area contributed by atoms with Gasteiger partial charge in [0.2, 0.25) is 0 Å². The third kappa shape index (κ3) is 3.20. The monoisotopic (exact) mass is 338 g/mol. The Bertz CT molecular complexity index is 763. The zero-order chi connectivity index (χ0) is 14.9. The van der Waals surface area contributed by atoms with E-state index in [1.165, 1.54) is 12.1 Å². The number of rotatable bonds is 3. The van der Waals surface area contributed by atoms with Crippen LogP contribution < -0.4 is 4.74 Å². The lowest BCUT2D eigenvalue weighted by Crippen LogP contribution is -2.00. The number of hydrogen-bond donors (Lipinski definition) is 0. The van der Waals surface area contributed by atoms with Crippen LogP contribution in [0, 0.1) is 11.6 Å². The Hall–Kier alpha value is -1.37. The lowest BCUT2D eigenvalue weighted by Gasteiger charge is -2.11. The van der Waals surface area contributed by atoms with Crippen molar-refractivity contribution in [3.63, 3.8) is 0 Å². The van der Waals surface area contributed by atoms with Crippen molar-refractivity contribution in [2.45, 2.75) is 4.90 Å². The van der Waals surface area contributed by atoms with Crippen molar-refractivity contribution < 1.29 is 21.9 Å². The van der Waals surface area contributed by atoms with E-state index < -0.39 is 31.3 Å². The van der Waals surface area contributed by atoms with E-state index in [0.717, 1.165) is 0 Å². The van der Waals surface area contributed by atoms with Gasteiger partial charge in [-0.1, -0.05) is 23.7 Å². The third-order valence-corrected chi connectivity index (χ3v) is 3.93. The van der Waals surface area contributed by atoms with Crippen LogP contribution in [0.25, 0.3) is 0 Å². The number of hydrogen-bond acceptors (Lipinski definition) is 3. The standard InChI is InChI=1S/C12H6Cl2F2O3S/c13-8-3-1-2-4-10(8)19-12-9(16)5-7(15)6-11(12)20(14,17)18/h1-6H. The molecule has 2 aromatic carbocycles. The van der Waals surface area contributed by atoms with E-state index in [4.69, 9.17) is 27.0 Å². The molecule has 106 valence electrons. The summed E-state index contributed by atoms with van der Waals surface area (Å²) in [6.45, 7) is 0. The topological polar surface area (TPSA) is 43.4 Å². The molecule has 0 amide bonds. The van der Waals surface area contributed by atoms with Crippen molar-refractivity contribution in [3.8, 4) is 11.5 Å². The highest BCUT2D eigenvalue weighted by Crippen LogP contribution is 2.36. The minimum atomic E-state index is -4.39. The molecule has 0 saturated heterocycles. The number of benzene rings is 2. The third-order valence-electron chi connectivity index (χ3n) is 2.29. The molecule has 8 heteroatoms. The van der Waals surface area contributed by atoms with Crippen LogP contribution >= 0.6 is 22.3 Å². The van der Waals surface area contributed by atoms with Crippen LogP contribution in [0.1, 0.15) is 0 Å². The van der Waals surface area contributed by atoms with E-state index >= 15 is 0 Å². The Kier molecular flexibility index (Phi) is 4.17. The smallest absolute Gasteiger partial charge is 0.265 e. The quantitative estimate of drug-likeness (QED) is 0.782. The molecule has 0 aliphatic rings. The van der Waals surface area contributed by atoms with E-state index in [2.05, 4.69) is 0 Å². The highest BCUT2D eigenvalue weighted by Gasteiger charge is 2.23. The second-order valence-corrected chi connectivity index (χ2v) is 6.63. The molecule has 0 unspecified atom stereocenters. The van der Waals surface area contributed by atoms with Gasteiger partial charge in [-0.15, -0.1) is 0 Å². The minimum Gasteiger partial charge on any atom is -0.451 e. The summed E-state index contributed by atoms with van der Waals surface area (Å²) in [7, 11) is 0.752. The molecule has 2 aromatic rings. The first-order valence-electron chi connectivity index (χ1n) is 5.15. The van der Waals surface area contributed by atoms with Gasteiger partial charge in [0.05, 0.1) is 5.02 Å². The van der Waals surface area contributed by atoms with Gasteiger partial charge in [-0.3, -0.25) is 0 Å². The summed E-state index contributed by atoms with van der Waals surface area (Å²) in [4.78, 5) is -0.809. The molecule has 0 fully saturated rings. The van der Waals surface area contributed by atoms with E-state index in [-0.39, 0.29) is 10.8 Å². The zero-order valence-corrected chi connectivity index (χ0v) is 11.9. The summed E-state index contributed by atoms with van der Waals surface area (Å²) in [5.41, 5.74) is 0. The predicted octanol–water partition coefficient (Wildman–Crippen LogP) is 4.34. The van der Waals surface area contributed by atoms with E-state index in [9.17, 15) is 17.2 Å². The molecule has 0 radical (unpaired) electrons. The number of ether oxygens (including phenoxy) is 1. The summed E-state index contributed by atoms with van der Waals surface area (Å²) < 4.78 is 54.7. The Morgan fingerprint density at radius 3 is 2.35 bits per heavy atom. The van der Waals surface area contributed by atoms with Gasteiger partial charge in [-0.25, -0.2) is 17.2 Å². The Morgan fingerprint density at radius 2 is 1.75 bits per heavy atom. The second-order valence-electron chi connectivity index (χ2n) is 3.69. The van der Waals surface area contributed by atoms with E-state index in [1.54, 1.807) is 12.1 Å². The summed E-state index contributed by atoms with van der Waals surface area (Å²) in [6, 6.07) is 7.07. The molecule has 0 spiro atoms. The van der Waals surface area contributed by atoms with Gasteiger partial charge >= 0.3 is 0 Å². The van der Waals surface area contributed by atoms with Crippen molar-refractivity contribution in [1.29, 1.82) is 0 Å². The van der Waals surface area contributed by atoms with Crippen LogP contribution in [0.15, 0.2) is 41.3 Å². The van der Waals surface area contributed by atoms with E-state index in [1.807, 2.05) is 0 Å². The molecule has 3 nitrogen and oxygen atoms in total. The summed E-state index contributed by atoms with van der Waals surface area (Å²) >= 11 is 5.82. The largest absolute Gasteiger partial charge is 0.451 e. The predicted molar refractivity (Wildman–Crippen MR) is 70.9 cm³/mol. The summed E-state index contributed by atoms with van der Waals surface area (Å²) in [5.74, 6) is -2.99. The fourth-order valence-electron chi connectivity index (χ4n) is 1.45. The Labute approximate surface area is 123 Å². The SMILES string of the molecule is O=S(=O)(Cl)c1cc(F)cc(F)c1Oc1ccccc1Cl. The molecule has 0 bridgehead atoms. The first kappa shape index (κ1) is 15.0. The molecule has 0 saturated carbocycles. The molecule has 0 aliphatic heterocycles. The highest BCUT2D eigenvalue weighted by molar-refractivity contribution is 8.13. The van der Waals surface area contributed by atoms with Crippen LogP contribution in [-0.2, 0) is 9.05 Å². The molecule has 0 N–H and O–H groups in total. The molecular weight excluding hydrogens is 333 g/mol. The van der Waals surface area contributed by atoms with Crippen LogP contribution in [0.2, 0.25) is 5.02 Å². The van der Waals surface area contributed by atoms with Gasteiger partial charge < -0.3 is 4.74 Å². The van der Waals surface area contributed by atoms with Crippen molar-refractivity contribution in [2.75, 3.05) is 0 Å². The van der Waals surface area contributed by atoms with Crippen LogP contribution in [-0.4, -0.2) is 8.42 Å². The second kappa shape index (κ2) is 5.55. The zero-order valence-electron chi connectivity index (χ0n) is 9.61. The first-order chi connectivity index (χ1) is 9.29. The van der Waals surface area contributed by atoms with Gasteiger partial charge in [0.1, 0.15) is 16.5 Å². The molecule has 20 heavy (non-hydrogen) atoms. The lowest BCUT2D eigenvalue weighted by molar-refractivity contribution is 0.423. The summed E-state index contributed by atoms with van der Waals surface area (Å²) in [5, 5.41) is 0.133. The maximum atomic E-state index is 13.7. The van der Waals surface area contributed by atoms with Crippen LogP contribution in [0.4, 0.5) is 8.78 Å². The lowest BCUT2D eigenvalue weighted by atomic mass is 10.3. The maximum absolute atomic E-state index is 13.7. The van der Waals surface area contributed by atoms with E-state index in [0.29, 0.717) is 12.1 Å². The van der Waals surface area contributed by atoms with Gasteiger partial charge in [-0.05, 0) is 18.2 Å². The normalized spacial score (nSPS) is 11.4. The van der Waals surface area contributed by atoms with Gasteiger partial charge in [-0.2, -0.15) is 0 Å². The first-order valence-corrected chi connectivity index (χ1v) is 7.84. The molecular formula is C12H6Cl2F2O3S. The highest BCUT2D eigenvalue weighted by atomic mass is 35.7. The van der Waals surface area contributed by atoms with Crippen molar-refractivity contribution in [3.05, 3.63) is 53.1 Å². The summed E-state index contributed by atoms with van der Waals surface area (Å²) in [6.07, 6.45) is 0. The maximum Gasteiger partial charge on any atom is 0.265 e. The van der Waals surface area contributed by atoms with Crippen molar-refractivity contribution >= 4 is 31.3 Å². The Morgan fingerprint density at radius 1 is 1.10 bits per heavy atom. The molecule has 0 atom stereocenters. The van der Waals surface area contributed by atoms with Gasteiger partial charge in [0.25, 0.3) is 9.05 Å². The number of para-hydroxylation sites is 1. The Balaban J connectivity index is 2.60. The minimum absolute atomic E-state index is 0.0150. The van der Waals surface area contributed by atoms with Crippen molar-refractivity contribution in [1.82, 2.24) is 0 Å². The van der Waals surface area contributed by atoms with Gasteiger partial charge in [0.15, 0.2) is 11.6 Å². The molecule has 0 heterocycles. The fourth-order valence-corrected chi connectivity index (χ4v) is 2.59. The average molecular weight is 339 g/mol. The van der Waals surface area contributed by atoms with Gasteiger partial charge in [0, 0.05) is 16.7 Å². The van der Waals surface area contributed by atoms with Crippen LogP contribution in [0.3, 0.4) is 0 Å². The van der Waals surface area contributed by atoms with Crippen molar-refractivity contribution in [2.24, 2.45) is 0 Å². The van der Waals surface area contributed by atoms with Crippen LogP contribution in [0.5, 0.6) is 11.5 Å². The molecule has 0 aromatic heterocycles. The fraction of sp³-hybridized carbons (Fsp3) is 0. The number of halogens is 4. The molecule has 2 rings (SSSR count). The molecule has 0 aliphatic carbocycles. The average Bonchev–Trinajstić information content (AvgIpc) is 2.33.